The first-order chi connectivity index (χ1) is 19.7. The molecule has 0 spiro atoms. The van der Waals surface area contributed by atoms with Gasteiger partial charge in [-0.1, -0.05) is 69.7 Å². The summed E-state index contributed by atoms with van der Waals surface area (Å²) in [6.45, 7) is 8.92. The van der Waals surface area contributed by atoms with Crippen LogP contribution in [0, 0.1) is 0 Å². The number of Topliss-reactive ketones (excluding diaryl/α,β-unsaturated/α-hetero) is 1. The van der Waals surface area contributed by atoms with Gasteiger partial charge in [-0.25, -0.2) is 0 Å². The lowest BCUT2D eigenvalue weighted by atomic mass is 9.86. The molecule has 0 radical (unpaired) electrons. The number of ketones is 1. The van der Waals surface area contributed by atoms with Crippen molar-refractivity contribution in [1.29, 1.82) is 0 Å². The van der Waals surface area contributed by atoms with Gasteiger partial charge in [0.2, 0.25) is 5.91 Å². The Morgan fingerprint density at radius 2 is 1.76 bits per heavy atom. The van der Waals surface area contributed by atoms with Crippen molar-refractivity contribution in [1.82, 2.24) is 10.2 Å². The van der Waals surface area contributed by atoms with Crippen molar-refractivity contribution in [2.45, 2.75) is 96.1 Å². The molecule has 1 amide bonds. The zero-order valence-corrected chi connectivity index (χ0v) is 24.9. The number of aliphatic hydroxyl groups is 1. The molecule has 4 rings (SSSR count). The fourth-order valence-electron chi connectivity index (χ4n) is 5.41. The van der Waals surface area contributed by atoms with Crippen LogP contribution in [-0.4, -0.2) is 53.5 Å². The number of ether oxygens (including phenoxy) is 2. The van der Waals surface area contributed by atoms with Crippen molar-refractivity contribution in [3.05, 3.63) is 83.2 Å². The molecule has 0 bridgehead atoms. The molecular formula is C34H46N2O5. The molecule has 41 heavy (non-hydrogen) atoms. The van der Waals surface area contributed by atoms with Crippen LogP contribution >= 0.6 is 0 Å². The zero-order valence-electron chi connectivity index (χ0n) is 24.9. The summed E-state index contributed by atoms with van der Waals surface area (Å²) < 4.78 is 11.6. The maximum Gasteiger partial charge on any atom is 0.220 e. The minimum atomic E-state index is -1.04. The first-order valence-electron chi connectivity index (χ1n) is 15.1. The third-order valence-electron chi connectivity index (χ3n) is 7.97. The molecule has 1 aliphatic carbocycles. The van der Waals surface area contributed by atoms with Gasteiger partial charge in [0.15, 0.2) is 17.3 Å². The second-order valence-electron chi connectivity index (χ2n) is 12.3. The number of carbonyl (C=O) groups excluding carboxylic acids is 2. The largest absolute Gasteiger partial charge is 0.465 e. The molecule has 1 aromatic carbocycles. The van der Waals surface area contributed by atoms with E-state index in [-0.39, 0.29) is 17.1 Å². The Morgan fingerprint density at radius 1 is 1.02 bits per heavy atom. The van der Waals surface area contributed by atoms with Gasteiger partial charge in [-0.05, 0) is 68.2 Å². The Kier molecular flexibility index (Phi) is 11.0. The van der Waals surface area contributed by atoms with E-state index in [1.807, 2.05) is 36.4 Å². The number of unbranched alkanes of at least 4 members (excludes halogenated alkanes) is 2. The van der Waals surface area contributed by atoms with Crippen molar-refractivity contribution in [3.63, 3.8) is 0 Å². The lowest BCUT2D eigenvalue weighted by Gasteiger charge is -2.30. The lowest BCUT2D eigenvalue weighted by Crippen LogP contribution is -2.51. The Labute approximate surface area is 245 Å². The summed E-state index contributed by atoms with van der Waals surface area (Å²) in [4.78, 5) is 27.8. The Hall–Kier alpha value is -3.16. The number of hydrogen-bond acceptors (Lipinski definition) is 6. The Balaban J connectivity index is 1.24. The predicted octanol–water partition coefficient (Wildman–Crippen LogP) is 6.06. The molecule has 0 unspecified atom stereocenters. The van der Waals surface area contributed by atoms with E-state index < -0.39 is 12.1 Å². The molecule has 2 aliphatic heterocycles. The summed E-state index contributed by atoms with van der Waals surface area (Å²) in [6, 6.07) is 7.38. The van der Waals surface area contributed by atoms with Gasteiger partial charge >= 0.3 is 0 Å². The van der Waals surface area contributed by atoms with E-state index in [9.17, 15) is 14.7 Å². The van der Waals surface area contributed by atoms with Gasteiger partial charge in [0.25, 0.3) is 0 Å². The Bertz CT molecular complexity index is 1170. The minimum Gasteiger partial charge on any atom is -0.465 e. The van der Waals surface area contributed by atoms with Gasteiger partial charge in [-0.15, -0.1) is 0 Å². The van der Waals surface area contributed by atoms with Crippen molar-refractivity contribution in [2.75, 3.05) is 19.6 Å². The van der Waals surface area contributed by atoms with Crippen LogP contribution in [0.3, 0.4) is 0 Å². The van der Waals surface area contributed by atoms with Gasteiger partial charge in [0.1, 0.15) is 18.6 Å². The van der Waals surface area contributed by atoms with Crippen LogP contribution in [0.5, 0.6) is 0 Å². The van der Waals surface area contributed by atoms with Gasteiger partial charge in [-0.2, -0.15) is 0 Å². The summed E-state index contributed by atoms with van der Waals surface area (Å²) in [5, 5.41) is 14.3. The number of allylic oxidation sites excluding steroid dienone is 4. The molecule has 1 fully saturated rings. The number of carbonyl (C=O) groups is 2. The Morgan fingerprint density at radius 3 is 2.44 bits per heavy atom. The van der Waals surface area contributed by atoms with Gasteiger partial charge in [0, 0.05) is 24.9 Å². The van der Waals surface area contributed by atoms with Crippen LogP contribution in [0.4, 0.5) is 0 Å². The molecule has 0 aromatic heterocycles. The van der Waals surface area contributed by atoms with Crippen LogP contribution in [0.25, 0.3) is 0 Å². The minimum absolute atomic E-state index is 0.0599. The van der Waals surface area contributed by atoms with Crippen LogP contribution in [0.15, 0.2) is 72.1 Å². The van der Waals surface area contributed by atoms with E-state index in [0.29, 0.717) is 37.3 Å². The molecule has 2 heterocycles. The quantitative estimate of drug-likeness (QED) is 0.224. The summed E-state index contributed by atoms with van der Waals surface area (Å²) in [7, 11) is 0. The topological polar surface area (TPSA) is 88.1 Å². The summed E-state index contributed by atoms with van der Waals surface area (Å²) in [5.74, 6) is 0.930. The highest BCUT2D eigenvalue weighted by molar-refractivity contribution is 5.96. The standard InChI is InChI=1S/C34H46N2O5/c1-34(2,3)27-18-16-25(17-19-27)29(37)14-8-5-9-15-32(38)35-28(22-36-20-10-11-21-36)33(39)31-24-40-23-30(41-31)26-12-6-4-7-13-26/h4,6,12,16-19,23-24,28,33,39H,5,7-11,13-15,20-22H2,1-3H3,(H,35,38)/t28-,33-/m1/s1. The molecule has 1 saturated heterocycles. The third kappa shape index (κ3) is 9.17. The first kappa shape index (κ1) is 30.8. The third-order valence-corrected chi connectivity index (χ3v) is 7.97. The van der Waals surface area contributed by atoms with Crippen molar-refractivity contribution in [3.8, 4) is 0 Å². The molecule has 1 aromatic rings. The molecule has 222 valence electrons. The molecular weight excluding hydrogens is 516 g/mol. The SMILES string of the molecule is CC(C)(C)c1ccc(C(=O)CCCCCC(=O)N[C@H](CN2CCCC2)[C@@H](O)C2=COC=C(C3=CC=CCC3)O2)cc1. The second kappa shape index (κ2) is 14.6. The predicted molar refractivity (Wildman–Crippen MR) is 161 cm³/mol. The number of rotatable bonds is 13. The molecule has 7 heteroatoms. The normalized spacial score (nSPS) is 18.9. The molecule has 2 N–H and O–H groups in total. The van der Waals surface area contributed by atoms with Crippen LogP contribution in [0.2, 0.25) is 0 Å². The molecule has 0 saturated carbocycles. The van der Waals surface area contributed by atoms with Crippen LogP contribution < -0.4 is 5.32 Å². The fraction of sp³-hybridized carbons (Fsp3) is 0.529. The number of hydrogen-bond donors (Lipinski definition) is 2. The van der Waals surface area contributed by atoms with Gasteiger partial charge < -0.3 is 24.8 Å². The van der Waals surface area contributed by atoms with E-state index in [1.165, 1.54) is 11.8 Å². The smallest absolute Gasteiger partial charge is 0.220 e. The van der Waals surface area contributed by atoms with Crippen molar-refractivity contribution >= 4 is 11.7 Å². The summed E-state index contributed by atoms with van der Waals surface area (Å²) >= 11 is 0. The van der Waals surface area contributed by atoms with E-state index in [0.717, 1.165) is 62.8 Å². The molecule has 3 aliphatic rings. The van der Waals surface area contributed by atoms with E-state index in [2.05, 4.69) is 37.1 Å². The average Bonchev–Trinajstić information content (AvgIpc) is 3.49. The van der Waals surface area contributed by atoms with E-state index >= 15 is 0 Å². The maximum absolute atomic E-state index is 12.9. The summed E-state index contributed by atoms with van der Waals surface area (Å²) in [5.41, 5.74) is 3.03. The van der Waals surface area contributed by atoms with Crippen molar-refractivity contribution < 1.29 is 24.2 Å². The van der Waals surface area contributed by atoms with Gasteiger partial charge in [0.05, 0.1) is 6.04 Å². The highest BCUT2D eigenvalue weighted by atomic mass is 16.6. The monoisotopic (exact) mass is 562 g/mol. The number of nitrogens with zero attached hydrogens (tertiary/aromatic N) is 1. The average molecular weight is 563 g/mol. The van der Waals surface area contributed by atoms with E-state index in [4.69, 9.17) is 9.47 Å². The lowest BCUT2D eigenvalue weighted by molar-refractivity contribution is -0.123. The first-order valence-corrected chi connectivity index (χ1v) is 15.1. The number of amides is 1. The van der Waals surface area contributed by atoms with Gasteiger partial charge in [-0.3, -0.25) is 9.59 Å². The van der Waals surface area contributed by atoms with E-state index in [1.54, 1.807) is 6.26 Å². The second-order valence-corrected chi connectivity index (χ2v) is 12.3. The fourth-order valence-corrected chi connectivity index (χ4v) is 5.41. The summed E-state index contributed by atoms with van der Waals surface area (Å²) in [6.07, 6.45) is 15.1. The van der Waals surface area contributed by atoms with Crippen molar-refractivity contribution in [2.24, 2.45) is 0 Å². The van der Waals surface area contributed by atoms with Crippen LogP contribution in [0.1, 0.15) is 94.5 Å². The number of aliphatic hydroxyl groups excluding tert-OH is 1. The highest BCUT2D eigenvalue weighted by Gasteiger charge is 2.31. The molecule has 7 nitrogen and oxygen atoms in total. The highest BCUT2D eigenvalue weighted by Crippen LogP contribution is 2.28. The number of nitrogens with one attached hydrogen (secondary N) is 1. The molecule has 2 atom stereocenters. The number of benzene rings is 1. The van der Waals surface area contributed by atoms with Crippen LogP contribution in [-0.2, 0) is 19.7 Å². The zero-order chi connectivity index (χ0) is 29.2. The maximum atomic E-state index is 12.9. The number of likely N-dealkylation sites (tertiary alicyclic amines) is 1.